The van der Waals surface area contributed by atoms with Gasteiger partial charge in [-0.2, -0.15) is 12.6 Å². The minimum atomic E-state index is -2.82. The van der Waals surface area contributed by atoms with Crippen LogP contribution in [-0.4, -0.2) is 47.5 Å². The van der Waals surface area contributed by atoms with Gasteiger partial charge in [0.1, 0.15) is 6.23 Å². The second kappa shape index (κ2) is 11.1. The van der Waals surface area contributed by atoms with E-state index in [9.17, 15) is 14.7 Å². The number of ether oxygens (including phenoxy) is 1. The molecule has 1 saturated heterocycles. The number of aryl methyl sites for hydroxylation is 1. The Kier molecular flexibility index (Phi) is 8.30. The molecule has 0 bridgehead atoms. The number of hydrogen-bond acceptors (Lipinski definition) is 6. The summed E-state index contributed by atoms with van der Waals surface area (Å²) in [6.07, 6.45) is 0.0902. The van der Waals surface area contributed by atoms with Gasteiger partial charge >= 0.3 is 5.69 Å². The third-order valence-corrected chi connectivity index (χ3v) is 12.7. The smallest absolute Gasteiger partial charge is 0.330 e. The van der Waals surface area contributed by atoms with Gasteiger partial charge in [0.2, 0.25) is 0 Å². The fourth-order valence-electron chi connectivity index (χ4n) is 5.39. The third kappa shape index (κ3) is 5.42. The number of hydrogen-bond donors (Lipinski definition) is 3. The average molecular weight is 541 g/mol. The number of nitrogens with zero attached hydrogens (tertiary/aromatic N) is 1. The fourth-order valence-corrected chi connectivity index (χ4v) is 10.2. The zero-order valence-corrected chi connectivity index (χ0v) is 23.7. The van der Waals surface area contributed by atoms with Gasteiger partial charge in [-0.05, 0) is 22.3 Å². The maximum atomic E-state index is 12.6. The summed E-state index contributed by atoms with van der Waals surface area (Å²) in [6.45, 7) is 8.52. The molecule has 1 aliphatic rings. The molecule has 3 aromatic rings. The van der Waals surface area contributed by atoms with Crippen LogP contribution >= 0.6 is 12.6 Å². The summed E-state index contributed by atoms with van der Waals surface area (Å²) in [7, 11) is -2.82. The second-order valence-electron chi connectivity index (χ2n) is 10.7. The molecule has 0 spiro atoms. The molecule has 4 rings (SSSR count). The molecule has 1 aromatic heterocycles. The van der Waals surface area contributed by atoms with E-state index in [4.69, 9.17) is 9.16 Å². The number of aromatic nitrogens is 2. The number of H-pyrrole nitrogens is 1. The van der Waals surface area contributed by atoms with Gasteiger partial charge in [-0.25, -0.2) is 4.79 Å². The molecule has 2 unspecified atom stereocenters. The van der Waals surface area contributed by atoms with Gasteiger partial charge < -0.3 is 14.3 Å². The van der Waals surface area contributed by atoms with E-state index in [0.29, 0.717) is 12.0 Å². The van der Waals surface area contributed by atoms with E-state index in [1.54, 1.807) is 6.92 Å². The fraction of sp³-hybridized carbons (Fsp3) is 0.429. The van der Waals surface area contributed by atoms with Gasteiger partial charge in [0.05, 0.1) is 18.8 Å². The van der Waals surface area contributed by atoms with E-state index >= 15 is 0 Å². The number of benzene rings is 2. The SMILES string of the molecule is Cc1cn([C@H]2CC(C(O)CS)[C@@H](CO[Si](c3ccccc3)(c3ccccc3)C(C)(C)C)O2)c(=O)[nH]c1=O. The van der Waals surface area contributed by atoms with E-state index in [1.165, 1.54) is 10.8 Å². The molecule has 37 heavy (non-hydrogen) atoms. The minimum absolute atomic E-state index is 0.210. The molecule has 2 aromatic carbocycles. The molecule has 0 aliphatic carbocycles. The minimum Gasteiger partial charge on any atom is -0.405 e. The van der Waals surface area contributed by atoms with Crippen LogP contribution in [0.5, 0.6) is 0 Å². The summed E-state index contributed by atoms with van der Waals surface area (Å²) in [4.78, 5) is 26.8. The van der Waals surface area contributed by atoms with Crippen molar-refractivity contribution >= 4 is 31.3 Å². The highest BCUT2D eigenvalue weighted by atomic mass is 32.1. The van der Waals surface area contributed by atoms with Crippen LogP contribution in [0.25, 0.3) is 0 Å². The topological polar surface area (TPSA) is 93.6 Å². The second-order valence-corrected chi connectivity index (χ2v) is 15.4. The number of rotatable bonds is 8. The van der Waals surface area contributed by atoms with E-state index in [2.05, 4.69) is 62.6 Å². The number of thiol groups is 1. The van der Waals surface area contributed by atoms with Crippen LogP contribution < -0.4 is 21.6 Å². The first-order valence-electron chi connectivity index (χ1n) is 12.6. The van der Waals surface area contributed by atoms with Crippen molar-refractivity contribution in [1.82, 2.24) is 9.55 Å². The van der Waals surface area contributed by atoms with Crippen LogP contribution in [0, 0.1) is 12.8 Å². The summed E-state index contributed by atoms with van der Waals surface area (Å²) in [5.74, 6) is -0.0319. The highest BCUT2D eigenvalue weighted by Gasteiger charge is 2.51. The molecule has 198 valence electrons. The van der Waals surface area contributed by atoms with Crippen molar-refractivity contribution in [1.29, 1.82) is 0 Å². The average Bonchev–Trinajstić information content (AvgIpc) is 3.30. The van der Waals surface area contributed by atoms with Gasteiger partial charge in [0.15, 0.2) is 0 Å². The van der Waals surface area contributed by atoms with Gasteiger partial charge in [0, 0.05) is 29.9 Å². The largest absolute Gasteiger partial charge is 0.405 e. The zero-order chi connectivity index (χ0) is 26.8. The molecular weight excluding hydrogens is 504 g/mol. The molecule has 2 N–H and O–H groups in total. The molecule has 9 heteroatoms. The summed E-state index contributed by atoms with van der Waals surface area (Å²) < 4.78 is 14.8. The lowest BCUT2D eigenvalue weighted by Gasteiger charge is -2.43. The maximum Gasteiger partial charge on any atom is 0.330 e. The Balaban J connectivity index is 1.72. The quantitative estimate of drug-likeness (QED) is 0.302. The summed E-state index contributed by atoms with van der Waals surface area (Å²) in [5, 5.41) is 12.9. The molecule has 0 radical (unpaired) electrons. The van der Waals surface area contributed by atoms with E-state index in [1.807, 2.05) is 36.4 Å². The van der Waals surface area contributed by atoms with Gasteiger partial charge in [-0.1, -0.05) is 81.4 Å². The molecule has 1 aliphatic heterocycles. The number of aliphatic hydroxyl groups excluding tert-OH is 1. The highest BCUT2D eigenvalue weighted by molar-refractivity contribution is 7.80. The normalized spacial score (nSPS) is 21.2. The van der Waals surface area contributed by atoms with Crippen LogP contribution in [0.15, 0.2) is 76.4 Å². The lowest BCUT2D eigenvalue weighted by molar-refractivity contribution is -0.0402. The van der Waals surface area contributed by atoms with Crippen molar-refractivity contribution < 1.29 is 14.3 Å². The van der Waals surface area contributed by atoms with Crippen molar-refractivity contribution in [3.8, 4) is 0 Å². The molecule has 4 atom stereocenters. The van der Waals surface area contributed by atoms with Crippen LogP contribution in [0.3, 0.4) is 0 Å². The molecule has 0 amide bonds. The number of nitrogens with one attached hydrogen (secondary N) is 1. The molecule has 0 saturated carbocycles. The Hall–Kier alpha value is -2.43. The predicted octanol–water partition coefficient (Wildman–Crippen LogP) is 2.62. The van der Waals surface area contributed by atoms with Crippen LogP contribution in [-0.2, 0) is 9.16 Å². The van der Waals surface area contributed by atoms with Crippen molar-refractivity contribution in [2.45, 2.75) is 57.6 Å². The molecule has 2 heterocycles. The van der Waals surface area contributed by atoms with E-state index < -0.39 is 38.0 Å². The van der Waals surface area contributed by atoms with Gasteiger partial charge in [0.25, 0.3) is 13.9 Å². The molecule has 1 fully saturated rings. The van der Waals surface area contributed by atoms with Crippen molar-refractivity contribution in [3.63, 3.8) is 0 Å². The number of aliphatic hydroxyl groups is 1. The van der Waals surface area contributed by atoms with Gasteiger partial charge in [-0.15, -0.1) is 0 Å². The van der Waals surface area contributed by atoms with Crippen molar-refractivity contribution in [2.75, 3.05) is 12.4 Å². The predicted molar refractivity (Wildman–Crippen MR) is 152 cm³/mol. The van der Waals surface area contributed by atoms with Crippen LogP contribution in [0.1, 0.15) is 39.0 Å². The van der Waals surface area contributed by atoms with Crippen LogP contribution in [0.2, 0.25) is 5.04 Å². The molecular formula is C28H36N2O5SSi. The Morgan fingerprint density at radius 1 is 1.11 bits per heavy atom. The van der Waals surface area contributed by atoms with Crippen molar-refractivity contribution in [2.24, 2.45) is 5.92 Å². The molecule has 7 nitrogen and oxygen atoms in total. The summed E-state index contributed by atoms with van der Waals surface area (Å²) >= 11 is 4.33. The first kappa shape index (κ1) is 27.6. The Morgan fingerprint density at radius 2 is 1.68 bits per heavy atom. The lowest BCUT2D eigenvalue weighted by Crippen LogP contribution is -2.67. The van der Waals surface area contributed by atoms with E-state index in [-0.39, 0.29) is 23.3 Å². The van der Waals surface area contributed by atoms with Crippen LogP contribution in [0.4, 0.5) is 0 Å². The monoisotopic (exact) mass is 540 g/mol. The Labute approximate surface area is 224 Å². The highest BCUT2D eigenvalue weighted by Crippen LogP contribution is 2.40. The summed E-state index contributed by atoms with van der Waals surface area (Å²) in [6, 6.07) is 20.7. The Bertz CT molecular complexity index is 1270. The standard InChI is InChI=1S/C28H36N2O5SSi/c1-19-16-30(27(33)29-26(19)32)25-15-22(23(31)18-36)24(35-25)17-34-37(28(2,3)4,20-11-7-5-8-12-20)21-13-9-6-10-14-21/h5-14,16,22-25,31,36H,15,17-18H2,1-4H3,(H,29,32,33)/t22?,23?,24-,25-/m1/s1. The third-order valence-electron chi connectivity index (χ3n) is 7.30. The van der Waals surface area contributed by atoms with E-state index in [0.717, 1.165) is 10.4 Å². The first-order valence-corrected chi connectivity index (χ1v) is 15.1. The first-order chi connectivity index (χ1) is 17.6. The number of aromatic amines is 1. The maximum absolute atomic E-state index is 12.6. The zero-order valence-electron chi connectivity index (χ0n) is 21.8. The Morgan fingerprint density at radius 3 is 2.19 bits per heavy atom. The van der Waals surface area contributed by atoms with Gasteiger partial charge in [-0.3, -0.25) is 14.3 Å². The van der Waals surface area contributed by atoms with Crippen molar-refractivity contribution in [3.05, 3.63) is 93.3 Å². The lowest BCUT2D eigenvalue weighted by atomic mass is 9.95. The summed E-state index contributed by atoms with van der Waals surface area (Å²) in [5.41, 5.74) is -0.535.